The summed E-state index contributed by atoms with van der Waals surface area (Å²) in [5, 5.41) is 2.78. The van der Waals surface area contributed by atoms with Gasteiger partial charge in [-0.2, -0.15) is 0 Å². The van der Waals surface area contributed by atoms with Gasteiger partial charge in [0, 0.05) is 45.6 Å². The van der Waals surface area contributed by atoms with E-state index in [9.17, 15) is 14.4 Å². The maximum absolute atomic E-state index is 12.8. The van der Waals surface area contributed by atoms with Crippen molar-refractivity contribution in [2.24, 2.45) is 5.92 Å². The van der Waals surface area contributed by atoms with E-state index < -0.39 is 0 Å². The van der Waals surface area contributed by atoms with Crippen LogP contribution < -0.4 is 10.2 Å². The van der Waals surface area contributed by atoms with Crippen molar-refractivity contribution in [3.8, 4) is 0 Å². The van der Waals surface area contributed by atoms with E-state index in [1.54, 1.807) is 6.07 Å². The molecule has 1 aromatic rings. The van der Waals surface area contributed by atoms with Gasteiger partial charge in [0.1, 0.15) is 6.54 Å². The Kier molecular flexibility index (Phi) is 7.10. The van der Waals surface area contributed by atoms with E-state index in [2.05, 4.69) is 24.1 Å². The highest BCUT2D eigenvalue weighted by Crippen LogP contribution is 2.29. The van der Waals surface area contributed by atoms with E-state index in [1.165, 1.54) is 4.90 Å². The smallest absolute Gasteiger partial charge is 0.244 e. The first-order valence-electron chi connectivity index (χ1n) is 11.7. The van der Waals surface area contributed by atoms with Crippen molar-refractivity contribution in [3.63, 3.8) is 0 Å². The lowest BCUT2D eigenvalue weighted by Crippen LogP contribution is -2.48. The van der Waals surface area contributed by atoms with Gasteiger partial charge >= 0.3 is 0 Å². The Morgan fingerprint density at radius 3 is 2.41 bits per heavy atom. The Bertz CT molecular complexity index is 842. The van der Waals surface area contributed by atoms with Gasteiger partial charge in [-0.1, -0.05) is 12.1 Å². The summed E-state index contributed by atoms with van der Waals surface area (Å²) in [6.45, 7) is 8.76. The molecular weight excluding hydrogens is 408 g/mol. The van der Waals surface area contributed by atoms with Gasteiger partial charge in [0.15, 0.2) is 0 Å². The molecule has 4 rings (SSSR count). The van der Waals surface area contributed by atoms with Crippen molar-refractivity contribution in [1.29, 1.82) is 0 Å². The second kappa shape index (κ2) is 10.0. The standard InChI is InChI=1S/C24H34N4O4/c1-17-13-26(14-18(2)32-17)15-19-9-11-27(12-10-19)23(30)7-8-24(31)28-16-22(29)25-20-5-3-4-6-21(20)28/h3-6,17-19H,7-16H2,1-2H3,(H,25,29). The van der Waals surface area contributed by atoms with Crippen molar-refractivity contribution < 1.29 is 19.1 Å². The molecule has 0 spiro atoms. The molecule has 32 heavy (non-hydrogen) atoms. The first-order valence-corrected chi connectivity index (χ1v) is 11.7. The number of nitrogens with zero attached hydrogens (tertiary/aromatic N) is 3. The lowest BCUT2D eigenvalue weighted by Gasteiger charge is -2.39. The maximum atomic E-state index is 12.8. The van der Waals surface area contributed by atoms with Gasteiger partial charge in [-0.3, -0.25) is 19.3 Å². The molecule has 2 saturated heterocycles. The molecule has 0 aromatic heterocycles. The minimum atomic E-state index is -0.213. The van der Waals surface area contributed by atoms with Crippen LogP contribution in [-0.4, -0.2) is 79.0 Å². The van der Waals surface area contributed by atoms with Crippen LogP contribution in [0.3, 0.4) is 0 Å². The van der Waals surface area contributed by atoms with E-state index in [0.29, 0.717) is 17.3 Å². The van der Waals surface area contributed by atoms with Gasteiger partial charge in [0.25, 0.3) is 0 Å². The molecule has 1 N–H and O–H groups in total. The number of amides is 3. The van der Waals surface area contributed by atoms with Crippen LogP contribution >= 0.6 is 0 Å². The number of para-hydroxylation sites is 2. The van der Waals surface area contributed by atoms with E-state index >= 15 is 0 Å². The van der Waals surface area contributed by atoms with Crippen LogP contribution in [0.2, 0.25) is 0 Å². The zero-order valence-corrected chi connectivity index (χ0v) is 19.1. The monoisotopic (exact) mass is 442 g/mol. The third-order valence-electron chi connectivity index (χ3n) is 6.60. The molecule has 2 fully saturated rings. The van der Waals surface area contributed by atoms with Crippen LogP contribution in [-0.2, 0) is 19.1 Å². The van der Waals surface area contributed by atoms with Crippen molar-refractivity contribution in [2.75, 3.05) is 49.5 Å². The average molecular weight is 443 g/mol. The topological polar surface area (TPSA) is 82.2 Å². The summed E-state index contributed by atoms with van der Waals surface area (Å²) >= 11 is 0. The Morgan fingerprint density at radius 2 is 1.69 bits per heavy atom. The van der Waals surface area contributed by atoms with E-state index in [0.717, 1.165) is 45.6 Å². The Morgan fingerprint density at radius 1 is 1.03 bits per heavy atom. The fourth-order valence-electron chi connectivity index (χ4n) is 5.13. The lowest BCUT2D eigenvalue weighted by atomic mass is 9.95. The Labute approximate surface area is 189 Å². The Balaban J connectivity index is 1.23. The predicted molar refractivity (Wildman–Crippen MR) is 122 cm³/mol. The highest BCUT2D eigenvalue weighted by Gasteiger charge is 2.30. The first kappa shape index (κ1) is 22.7. The number of morpholine rings is 1. The van der Waals surface area contributed by atoms with Gasteiger partial charge in [0.05, 0.1) is 23.6 Å². The summed E-state index contributed by atoms with van der Waals surface area (Å²) in [4.78, 5) is 43.3. The molecule has 0 bridgehead atoms. The molecule has 3 heterocycles. The van der Waals surface area contributed by atoms with Crippen molar-refractivity contribution in [3.05, 3.63) is 24.3 Å². The number of hydrogen-bond donors (Lipinski definition) is 1. The third kappa shape index (κ3) is 5.48. The number of anilines is 2. The Hall–Kier alpha value is -2.45. The van der Waals surface area contributed by atoms with Crippen molar-refractivity contribution in [1.82, 2.24) is 9.80 Å². The van der Waals surface area contributed by atoms with Gasteiger partial charge in [-0.25, -0.2) is 0 Å². The maximum Gasteiger partial charge on any atom is 0.244 e. The normalized spacial score (nSPS) is 24.8. The molecular formula is C24H34N4O4. The van der Waals surface area contributed by atoms with Gasteiger partial charge in [0.2, 0.25) is 17.7 Å². The van der Waals surface area contributed by atoms with Crippen LogP contribution in [0.15, 0.2) is 24.3 Å². The third-order valence-corrected chi connectivity index (χ3v) is 6.60. The van der Waals surface area contributed by atoms with Gasteiger partial charge < -0.3 is 19.9 Å². The van der Waals surface area contributed by atoms with Crippen LogP contribution in [0, 0.1) is 5.92 Å². The molecule has 1 aromatic carbocycles. The van der Waals surface area contributed by atoms with Crippen LogP contribution in [0.5, 0.6) is 0 Å². The fraction of sp³-hybridized carbons (Fsp3) is 0.625. The number of hydrogen-bond acceptors (Lipinski definition) is 5. The number of ether oxygens (including phenoxy) is 1. The number of likely N-dealkylation sites (tertiary alicyclic amines) is 1. The van der Waals surface area contributed by atoms with Crippen molar-refractivity contribution in [2.45, 2.75) is 51.7 Å². The molecule has 3 aliphatic rings. The lowest BCUT2D eigenvalue weighted by molar-refractivity contribution is -0.134. The largest absolute Gasteiger partial charge is 0.373 e. The summed E-state index contributed by atoms with van der Waals surface area (Å²) in [6.07, 6.45) is 2.84. The molecule has 174 valence electrons. The summed E-state index contributed by atoms with van der Waals surface area (Å²) in [7, 11) is 0. The van der Waals surface area contributed by atoms with Gasteiger partial charge in [-0.05, 0) is 44.7 Å². The molecule has 8 nitrogen and oxygen atoms in total. The quantitative estimate of drug-likeness (QED) is 0.755. The number of piperidine rings is 1. The predicted octanol–water partition coefficient (Wildman–Crippen LogP) is 2.10. The zero-order chi connectivity index (χ0) is 22.7. The van der Waals surface area contributed by atoms with Crippen LogP contribution in [0.25, 0.3) is 0 Å². The number of carbonyl (C=O) groups is 3. The minimum absolute atomic E-state index is 0.00575. The summed E-state index contributed by atoms with van der Waals surface area (Å²) in [5.74, 6) is 0.224. The summed E-state index contributed by atoms with van der Waals surface area (Å²) < 4.78 is 5.82. The van der Waals surface area contributed by atoms with Crippen molar-refractivity contribution >= 4 is 29.1 Å². The van der Waals surface area contributed by atoms with E-state index in [-0.39, 0.29) is 49.3 Å². The molecule has 8 heteroatoms. The van der Waals surface area contributed by atoms with Gasteiger partial charge in [-0.15, -0.1) is 0 Å². The number of fused-ring (bicyclic) bond motifs is 1. The fourth-order valence-corrected chi connectivity index (χ4v) is 5.13. The highest BCUT2D eigenvalue weighted by molar-refractivity contribution is 6.10. The molecule has 3 amide bonds. The average Bonchev–Trinajstić information content (AvgIpc) is 2.76. The second-order valence-electron chi connectivity index (χ2n) is 9.35. The minimum Gasteiger partial charge on any atom is -0.373 e. The molecule has 2 unspecified atom stereocenters. The number of rotatable bonds is 5. The van der Waals surface area contributed by atoms with Crippen LogP contribution in [0.1, 0.15) is 39.5 Å². The molecule has 3 aliphatic heterocycles. The second-order valence-corrected chi connectivity index (χ2v) is 9.35. The summed E-state index contributed by atoms with van der Waals surface area (Å²) in [6, 6.07) is 7.25. The number of benzene rings is 1. The van der Waals surface area contributed by atoms with E-state index in [4.69, 9.17) is 4.74 Å². The van der Waals surface area contributed by atoms with E-state index in [1.807, 2.05) is 23.1 Å². The zero-order valence-electron chi connectivity index (χ0n) is 19.1. The molecule has 0 aliphatic carbocycles. The number of nitrogens with one attached hydrogen (secondary N) is 1. The summed E-state index contributed by atoms with van der Waals surface area (Å²) in [5.41, 5.74) is 1.33. The molecule has 2 atom stereocenters. The SMILES string of the molecule is CC1CN(CC2CCN(C(=O)CCC(=O)N3CC(=O)Nc4ccccc43)CC2)CC(C)O1. The molecule has 0 radical (unpaired) electrons. The molecule has 0 saturated carbocycles. The van der Waals surface area contributed by atoms with Crippen LogP contribution in [0.4, 0.5) is 11.4 Å². The first-order chi connectivity index (χ1) is 15.4. The highest BCUT2D eigenvalue weighted by atomic mass is 16.5. The number of carbonyl (C=O) groups excluding carboxylic acids is 3.